The molecule has 0 saturated heterocycles. The number of methoxy groups -OCH3 is 1. The number of carboxylic acids is 1. The van der Waals surface area contributed by atoms with Gasteiger partial charge in [0.25, 0.3) is 5.91 Å². The summed E-state index contributed by atoms with van der Waals surface area (Å²) in [6.07, 6.45) is 2.38. The molecule has 6 nitrogen and oxygen atoms in total. The number of hydrogen-bond donors (Lipinski definition) is 2. The fourth-order valence-corrected chi connectivity index (χ4v) is 2.61. The molecule has 1 aliphatic carbocycles. The lowest BCUT2D eigenvalue weighted by Gasteiger charge is -2.13. The average molecular weight is 368 g/mol. The molecule has 1 aromatic carbocycles. The van der Waals surface area contributed by atoms with Gasteiger partial charge in [-0.1, -0.05) is 6.08 Å². The van der Waals surface area contributed by atoms with E-state index in [2.05, 4.69) is 26.0 Å². The van der Waals surface area contributed by atoms with E-state index in [0.717, 1.165) is 0 Å². The van der Waals surface area contributed by atoms with Gasteiger partial charge in [0.05, 0.1) is 12.7 Å². The zero-order chi connectivity index (χ0) is 16.3. The fourth-order valence-electron chi connectivity index (χ4n) is 2.20. The second-order valence-electron chi connectivity index (χ2n) is 4.83. The van der Waals surface area contributed by atoms with Crippen molar-refractivity contribution in [2.24, 2.45) is 0 Å². The summed E-state index contributed by atoms with van der Waals surface area (Å²) in [6.45, 7) is 0. The van der Waals surface area contributed by atoms with E-state index in [-0.39, 0.29) is 17.5 Å². The van der Waals surface area contributed by atoms with E-state index in [4.69, 9.17) is 5.11 Å². The number of carboxylic acid groups (broad SMARTS) is 1. The molecule has 0 spiro atoms. The molecule has 0 radical (unpaired) electrons. The normalized spacial score (nSPS) is 16.8. The number of esters is 1. The van der Waals surface area contributed by atoms with E-state index >= 15 is 0 Å². The number of rotatable bonds is 4. The summed E-state index contributed by atoms with van der Waals surface area (Å²) in [4.78, 5) is 34.7. The van der Waals surface area contributed by atoms with Gasteiger partial charge < -0.3 is 15.2 Å². The van der Waals surface area contributed by atoms with Crippen LogP contribution < -0.4 is 5.32 Å². The first kappa shape index (κ1) is 16.2. The first-order valence-electron chi connectivity index (χ1n) is 6.53. The number of hydrogen-bond acceptors (Lipinski definition) is 4. The Balaban J connectivity index is 2.08. The Hall–Kier alpha value is -2.15. The number of halogens is 1. The summed E-state index contributed by atoms with van der Waals surface area (Å²) in [5.41, 5.74) is 0.870. The van der Waals surface area contributed by atoms with E-state index in [1.807, 2.05) is 0 Å². The van der Waals surface area contributed by atoms with Crippen LogP contribution in [0.25, 0.3) is 0 Å². The minimum absolute atomic E-state index is 0.246. The molecular formula is C15H14BrNO5. The zero-order valence-electron chi connectivity index (χ0n) is 11.8. The largest absolute Gasteiger partial charge is 0.478 e. The molecule has 1 atom stereocenters. The van der Waals surface area contributed by atoms with Crippen molar-refractivity contribution in [1.29, 1.82) is 0 Å². The van der Waals surface area contributed by atoms with Crippen LogP contribution >= 0.6 is 15.9 Å². The second kappa shape index (κ2) is 6.74. The van der Waals surface area contributed by atoms with Crippen LogP contribution in [-0.2, 0) is 9.53 Å². The molecule has 7 heteroatoms. The van der Waals surface area contributed by atoms with E-state index in [1.54, 1.807) is 18.2 Å². The van der Waals surface area contributed by atoms with Gasteiger partial charge in [-0.25, -0.2) is 9.59 Å². The SMILES string of the molecule is COC(=O)c1cc(C(=O)NC2CC=C(C(=O)O)C2)ccc1Br. The van der Waals surface area contributed by atoms with Crippen molar-refractivity contribution in [2.45, 2.75) is 18.9 Å². The van der Waals surface area contributed by atoms with Crippen molar-refractivity contribution in [3.05, 3.63) is 45.4 Å². The van der Waals surface area contributed by atoms with Gasteiger partial charge in [0.2, 0.25) is 0 Å². The third-order valence-electron chi connectivity index (χ3n) is 3.36. The van der Waals surface area contributed by atoms with Gasteiger partial charge in [0, 0.05) is 21.7 Å². The summed E-state index contributed by atoms with van der Waals surface area (Å²) in [5.74, 6) is -1.87. The quantitative estimate of drug-likeness (QED) is 0.795. The monoisotopic (exact) mass is 367 g/mol. The molecule has 0 bridgehead atoms. The van der Waals surface area contributed by atoms with E-state index < -0.39 is 11.9 Å². The topological polar surface area (TPSA) is 92.7 Å². The van der Waals surface area contributed by atoms with Crippen molar-refractivity contribution >= 4 is 33.8 Å². The molecule has 1 unspecified atom stereocenters. The molecule has 2 rings (SSSR count). The van der Waals surface area contributed by atoms with Crippen molar-refractivity contribution in [3.63, 3.8) is 0 Å². The predicted molar refractivity (Wildman–Crippen MR) is 81.7 cm³/mol. The maximum Gasteiger partial charge on any atom is 0.339 e. The van der Waals surface area contributed by atoms with Gasteiger partial charge in [0.1, 0.15) is 0 Å². The Morgan fingerprint density at radius 2 is 2.09 bits per heavy atom. The Morgan fingerprint density at radius 1 is 1.36 bits per heavy atom. The van der Waals surface area contributed by atoms with Crippen molar-refractivity contribution in [2.75, 3.05) is 7.11 Å². The highest BCUT2D eigenvalue weighted by Gasteiger charge is 2.23. The third kappa shape index (κ3) is 3.54. The number of benzene rings is 1. The highest BCUT2D eigenvalue weighted by atomic mass is 79.9. The molecule has 0 heterocycles. The Morgan fingerprint density at radius 3 is 2.68 bits per heavy atom. The average Bonchev–Trinajstić information content (AvgIpc) is 2.95. The number of aliphatic carboxylic acids is 1. The Bertz CT molecular complexity index is 668. The molecule has 22 heavy (non-hydrogen) atoms. The smallest absolute Gasteiger partial charge is 0.339 e. The maximum absolute atomic E-state index is 12.2. The van der Waals surface area contributed by atoms with Crippen LogP contribution in [0.4, 0.5) is 0 Å². The van der Waals surface area contributed by atoms with Crippen LogP contribution in [0.2, 0.25) is 0 Å². The second-order valence-corrected chi connectivity index (χ2v) is 5.69. The number of nitrogens with one attached hydrogen (secondary N) is 1. The molecule has 1 amide bonds. The van der Waals surface area contributed by atoms with Crippen molar-refractivity contribution in [1.82, 2.24) is 5.32 Å². The van der Waals surface area contributed by atoms with Crippen molar-refractivity contribution in [3.8, 4) is 0 Å². The highest BCUT2D eigenvalue weighted by Crippen LogP contribution is 2.21. The van der Waals surface area contributed by atoms with Gasteiger partial charge in [-0.15, -0.1) is 0 Å². The standard InChI is InChI=1S/C15H14BrNO5/c1-22-15(21)11-7-8(3-5-12(11)16)13(18)17-10-4-2-9(6-10)14(19)20/h2-3,5,7,10H,4,6H2,1H3,(H,17,18)(H,19,20). The fraction of sp³-hybridized carbons (Fsp3) is 0.267. The van der Waals surface area contributed by atoms with Gasteiger partial charge in [-0.2, -0.15) is 0 Å². The van der Waals surface area contributed by atoms with Gasteiger partial charge in [-0.3, -0.25) is 4.79 Å². The zero-order valence-corrected chi connectivity index (χ0v) is 13.3. The minimum Gasteiger partial charge on any atom is -0.478 e. The summed E-state index contributed by atoms with van der Waals surface area (Å²) >= 11 is 3.23. The molecular weight excluding hydrogens is 354 g/mol. The summed E-state index contributed by atoms with van der Waals surface area (Å²) < 4.78 is 5.19. The van der Waals surface area contributed by atoms with Crippen LogP contribution in [0, 0.1) is 0 Å². The van der Waals surface area contributed by atoms with Gasteiger partial charge >= 0.3 is 11.9 Å². The molecule has 0 aliphatic heterocycles. The van der Waals surface area contributed by atoms with Crippen LogP contribution in [0.1, 0.15) is 33.6 Å². The van der Waals surface area contributed by atoms with Gasteiger partial charge in [-0.05, 0) is 47.0 Å². The third-order valence-corrected chi connectivity index (χ3v) is 4.05. The van der Waals surface area contributed by atoms with Crippen molar-refractivity contribution < 1.29 is 24.2 Å². The van der Waals surface area contributed by atoms with Crippen LogP contribution in [0.3, 0.4) is 0 Å². The molecule has 2 N–H and O–H groups in total. The van der Waals surface area contributed by atoms with Crippen LogP contribution in [0.5, 0.6) is 0 Å². The summed E-state index contributed by atoms with van der Waals surface area (Å²) in [6, 6.07) is 4.36. The molecule has 0 fully saturated rings. The number of carbonyl (C=O) groups is 3. The van der Waals surface area contributed by atoms with E-state index in [9.17, 15) is 14.4 Å². The first-order valence-corrected chi connectivity index (χ1v) is 7.32. The summed E-state index contributed by atoms with van der Waals surface area (Å²) in [7, 11) is 1.26. The van der Waals surface area contributed by atoms with Crippen LogP contribution in [-0.4, -0.2) is 36.1 Å². The Labute approximate surface area is 135 Å². The lowest BCUT2D eigenvalue weighted by molar-refractivity contribution is -0.132. The minimum atomic E-state index is -0.964. The first-order chi connectivity index (χ1) is 10.4. The molecule has 1 aliphatic rings. The lowest BCUT2D eigenvalue weighted by atomic mass is 10.1. The molecule has 0 aromatic heterocycles. The number of ether oxygens (including phenoxy) is 1. The van der Waals surface area contributed by atoms with E-state index in [1.165, 1.54) is 13.2 Å². The molecule has 1 aromatic rings. The highest BCUT2D eigenvalue weighted by molar-refractivity contribution is 9.10. The summed E-state index contributed by atoms with van der Waals surface area (Å²) in [5, 5.41) is 11.7. The Kier molecular flexibility index (Phi) is 4.97. The number of amides is 1. The predicted octanol–water partition coefficient (Wildman–Crippen LogP) is 2.14. The van der Waals surface area contributed by atoms with E-state index in [0.29, 0.717) is 28.5 Å². The van der Waals surface area contributed by atoms with Crippen LogP contribution in [0.15, 0.2) is 34.3 Å². The lowest BCUT2D eigenvalue weighted by Crippen LogP contribution is -2.33. The van der Waals surface area contributed by atoms with Gasteiger partial charge in [0.15, 0.2) is 0 Å². The molecule has 116 valence electrons. The number of carbonyl (C=O) groups excluding carboxylic acids is 2. The maximum atomic E-state index is 12.2. The molecule has 0 saturated carbocycles.